The van der Waals surface area contributed by atoms with Crippen LogP contribution in [0.1, 0.15) is 22.3 Å². The number of aliphatic hydroxyl groups is 4. The van der Waals surface area contributed by atoms with Crippen LogP contribution in [0.15, 0.2) is 36.4 Å². The third-order valence-electron chi connectivity index (χ3n) is 5.24. The van der Waals surface area contributed by atoms with Gasteiger partial charge < -0.3 is 44.8 Å². The van der Waals surface area contributed by atoms with Gasteiger partial charge in [0.1, 0.15) is 53.0 Å². The molecular formula is C22H26O10. The topological polar surface area (TPSA) is 166 Å². The fraction of sp³-hybridized carbons (Fsp3) is 0.409. The Bertz CT molecular complexity index is 927. The van der Waals surface area contributed by atoms with Gasteiger partial charge in [-0.15, -0.1) is 0 Å². The molecule has 0 amide bonds. The molecule has 32 heavy (non-hydrogen) atoms. The monoisotopic (exact) mass is 450 g/mol. The SMILES string of the molecule is COc1ccc(CCC(=O)c2c(O)cc(O)cc2O[C@@H]2O[C@H](CO)[C@@H](O)[C@H](O)[C@H]2O)cc1. The van der Waals surface area contributed by atoms with E-state index in [2.05, 4.69) is 0 Å². The van der Waals surface area contributed by atoms with Crippen molar-refractivity contribution in [1.82, 2.24) is 0 Å². The summed E-state index contributed by atoms with van der Waals surface area (Å²) < 4.78 is 15.9. The highest BCUT2D eigenvalue weighted by atomic mass is 16.7. The van der Waals surface area contributed by atoms with Gasteiger partial charge in [0.05, 0.1) is 13.7 Å². The van der Waals surface area contributed by atoms with Crippen LogP contribution in [0.3, 0.4) is 0 Å². The number of aliphatic hydroxyl groups excluding tert-OH is 4. The number of benzene rings is 2. The predicted octanol–water partition coefficient (Wildman–Crippen LogP) is 0.101. The highest BCUT2D eigenvalue weighted by Crippen LogP contribution is 2.36. The molecule has 174 valence electrons. The van der Waals surface area contributed by atoms with Crippen molar-refractivity contribution < 1.29 is 49.6 Å². The second kappa shape index (κ2) is 10.2. The van der Waals surface area contributed by atoms with Crippen LogP contribution >= 0.6 is 0 Å². The summed E-state index contributed by atoms with van der Waals surface area (Å²) in [5.74, 6) is -1.06. The third-order valence-corrected chi connectivity index (χ3v) is 5.24. The van der Waals surface area contributed by atoms with Crippen molar-refractivity contribution in [3.8, 4) is 23.0 Å². The van der Waals surface area contributed by atoms with Crippen molar-refractivity contribution >= 4 is 5.78 Å². The first kappa shape index (κ1) is 23.8. The minimum Gasteiger partial charge on any atom is -0.508 e. The van der Waals surface area contributed by atoms with E-state index in [0.29, 0.717) is 12.2 Å². The summed E-state index contributed by atoms with van der Waals surface area (Å²) in [7, 11) is 1.54. The Kier molecular flexibility index (Phi) is 7.54. The number of hydrogen-bond donors (Lipinski definition) is 6. The van der Waals surface area contributed by atoms with E-state index >= 15 is 0 Å². The molecule has 6 N–H and O–H groups in total. The second-order valence-corrected chi connectivity index (χ2v) is 7.42. The lowest BCUT2D eigenvalue weighted by Gasteiger charge is -2.39. The van der Waals surface area contributed by atoms with Crippen molar-refractivity contribution in [3.05, 3.63) is 47.5 Å². The molecule has 0 saturated carbocycles. The van der Waals surface area contributed by atoms with E-state index in [4.69, 9.17) is 14.2 Å². The first-order valence-electron chi connectivity index (χ1n) is 9.94. The average Bonchev–Trinajstić information content (AvgIpc) is 2.77. The van der Waals surface area contributed by atoms with Gasteiger partial charge in [-0.25, -0.2) is 0 Å². The first-order valence-corrected chi connectivity index (χ1v) is 9.94. The van der Waals surface area contributed by atoms with Crippen LogP contribution in [0.4, 0.5) is 0 Å². The quantitative estimate of drug-likeness (QED) is 0.304. The molecule has 10 heteroatoms. The van der Waals surface area contributed by atoms with Crippen LogP contribution in [-0.4, -0.2) is 80.8 Å². The Morgan fingerprint density at radius 1 is 1.03 bits per heavy atom. The van der Waals surface area contributed by atoms with Gasteiger partial charge in [-0.3, -0.25) is 4.79 Å². The molecule has 1 fully saturated rings. The molecule has 0 radical (unpaired) electrons. The minimum atomic E-state index is -1.72. The third kappa shape index (κ3) is 5.12. The van der Waals surface area contributed by atoms with Gasteiger partial charge in [-0.2, -0.15) is 0 Å². The van der Waals surface area contributed by atoms with E-state index in [1.165, 1.54) is 0 Å². The Morgan fingerprint density at radius 2 is 1.72 bits per heavy atom. The van der Waals surface area contributed by atoms with Gasteiger partial charge in [-0.1, -0.05) is 12.1 Å². The average molecular weight is 450 g/mol. The number of phenols is 2. The maximum absolute atomic E-state index is 12.9. The molecule has 0 spiro atoms. The number of phenolic OH excluding ortho intramolecular Hbond substituents is 2. The van der Waals surface area contributed by atoms with Gasteiger partial charge >= 0.3 is 0 Å². The molecule has 1 aliphatic rings. The zero-order valence-electron chi connectivity index (χ0n) is 17.3. The van der Waals surface area contributed by atoms with E-state index in [0.717, 1.165) is 17.7 Å². The molecule has 1 heterocycles. The molecule has 0 aliphatic carbocycles. The fourth-order valence-corrected chi connectivity index (χ4v) is 3.42. The Balaban J connectivity index is 1.80. The summed E-state index contributed by atoms with van der Waals surface area (Å²) in [5, 5.41) is 59.5. The fourth-order valence-electron chi connectivity index (χ4n) is 3.42. The molecule has 0 bridgehead atoms. The molecule has 1 saturated heterocycles. The van der Waals surface area contributed by atoms with E-state index in [9.17, 15) is 35.4 Å². The maximum atomic E-state index is 12.9. The highest BCUT2D eigenvalue weighted by molar-refractivity contribution is 6.01. The number of rotatable bonds is 8. The maximum Gasteiger partial charge on any atom is 0.229 e. The number of carbonyl (C=O) groups is 1. The van der Waals surface area contributed by atoms with Crippen molar-refractivity contribution in [2.45, 2.75) is 43.5 Å². The van der Waals surface area contributed by atoms with Crippen LogP contribution in [0, 0.1) is 0 Å². The summed E-state index contributed by atoms with van der Waals surface area (Å²) in [6.07, 6.45) is -7.46. The lowest BCUT2D eigenvalue weighted by molar-refractivity contribution is -0.277. The minimum absolute atomic E-state index is 0.00426. The lowest BCUT2D eigenvalue weighted by Crippen LogP contribution is -2.60. The van der Waals surface area contributed by atoms with Gasteiger partial charge in [0.25, 0.3) is 0 Å². The lowest BCUT2D eigenvalue weighted by atomic mass is 9.99. The summed E-state index contributed by atoms with van der Waals surface area (Å²) in [4.78, 5) is 12.9. The summed E-state index contributed by atoms with van der Waals surface area (Å²) in [5.41, 5.74) is 0.613. The molecule has 1 aliphatic heterocycles. The number of ether oxygens (including phenoxy) is 3. The van der Waals surface area contributed by atoms with Crippen LogP contribution in [-0.2, 0) is 11.2 Å². The second-order valence-electron chi connectivity index (χ2n) is 7.42. The van der Waals surface area contributed by atoms with Crippen molar-refractivity contribution in [3.63, 3.8) is 0 Å². The van der Waals surface area contributed by atoms with Gasteiger partial charge in [0, 0.05) is 18.6 Å². The number of carbonyl (C=O) groups excluding carboxylic acids is 1. The number of aryl methyl sites for hydroxylation is 1. The van der Waals surface area contributed by atoms with Crippen LogP contribution < -0.4 is 9.47 Å². The smallest absolute Gasteiger partial charge is 0.229 e. The molecule has 10 nitrogen and oxygen atoms in total. The zero-order chi connectivity index (χ0) is 23.4. The Labute approximate surface area is 183 Å². The van der Waals surface area contributed by atoms with Crippen LogP contribution in [0.2, 0.25) is 0 Å². The van der Waals surface area contributed by atoms with Gasteiger partial charge in [-0.05, 0) is 24.1 Å². The standard InChI is InChI=1S/C22H26O10/c1-30-13-5-2-11(3-6-13)4-7-14(25)18-15(26)8-12(24)9-16(18)31-22-21(29)20(28)19(27)17(10-23)32-22/h2-3,5-6,8-9,17,19-24,26-29H,4,7,10H2,1H3/t17-,19-,20+,21-,22-/m1/s1. The zero-order valence-corrected chi connectivity index (χ0v) is 17.3. The molecule has 2 aromatic rings. The van der Waals surface area contributed by atoms with Crippen molar-refractivity contribution in [2.75, 3.05) is 13.7 Å². The van der Waals surface area contributed by atoms with E-state index < -0.39 is 54.6 Å². The number of ketones is 1. The summed E-state index contributed by atoms with van der Waals surface area (Å²) in [6, 6.07) is 9.14. The summed E-state index contributed by atoms with van der Waals surface area (Å²) in [6.45, 7) is -0.663. The van der Waals surface area contributed by atoms with Gasteiger partial charge in [0.15, 0.2) is 5.78 Å². The largest absolute Gasteiger partial charge is 0.508 e. The number of aromatic hydroxyl groups is 2. The van der Waals surface area contributed by atoms with Crippen molar-refractivity contribution in [2.24, 2.45) is 0 Å². The summed E-state index contributed by atoms with van der Waals surface area (Å²) >= 11 is 0. The first-order chi connectivity index (χ1) is 15.2. The van der Waals surface area contributed by atoms with E-state index in [-0.39, 0.29) is 17.7 Å². The molecular weight excluding hydrogens is 424 g/mol. The molecule has 0 unspecified atom stereocenters. The van der Waals surface area contributed by atoms with Crippen molar-refractivity contribution in [1.29, 1.82) is 0 Å². The predicted molar refractivity (Wildman–Crippen MR) is 110 cm³/mol. The number of Topliss-reactive ketones (excluding diaryl/α,β-unsaturated/α-hetero) is 1. The number of methoxy groups -OCH3 is 1. The normalized spacial score (nSPS) is 25.3. The van der Waals surface area contributed by atoms with E-state index in [1.54, 1.807) is 31.4 Å². The molecule has 3 rings (SSSR count). The Hall–Kier alpha value is -2.89. The number of hydrogen-bond acceptors (Lipinski definition) is 10. The highest BCUT2D eigenvalue weighted by Gasteiger charge is 2.45. The van der Waals surface area contributed by atoms with E-state index in [1.807, 2.05) is 0 Å². The molecule has 2 aromatic carbocycles. The Morgan fingerprint density at radius 3 is 2.34 bits per heavy atom. The molecule has 0 aromatic heterocycles. The molecule has 5 atom stereocenters. The van der Waals surface area contributed by atoms with Gasteiger partial charge in [0.2, 0.25) is 6.29 Å². The van der Waals surface area contributed by atoms with Crippen LogP contribution in [0.5, 0.6) is 23.0 Å². The van der Waals surface area contributed by atoms with Crippen LogP contribution in [0.25, 0.3) is 0 Å².